The average molecular weight is 198 g/mol. The molecule has 1 aromatic carbocycles. The van der Waals surface area contributed by atoms with Crippen molar-refractivity contribution in [2.24, 2.45) is 0 Å². The molecule has 0 saturated carbocycles. The van der Waals surface area contributed by atoms with Crippen LogP contribution < -0.4 is 0 Å². The second kappa shape index (κ2) is 4.02. The van der Waals surface area contributed by atoms with Crippen LogP contribution in [0.2, 0.25) is 0 Å². The number of hydrogen-bond acceptors (Lipinski definition) is 0. The molecule has 45 valence electrons. The Balaban J connectivity index is 0.000000640. The third-order valence-electron chi connectivity index (χ3n) is 0.889. The first-order chi connectivity index (χ1) is 3.79. The molecule has 0 aromatic heterocycles. The van der Waals surface area contributed by atoms with Crippen LogP contribution in [0.1, 0.15) is 5.56 Å². The fourth-order valence-corrected chi connectivity index (χ4v) is 0.537. The Hall–Kier alpha value is 0.124. The van der Waals surface area contributed by atoms with E-state index in [1.165, 1.54) is 12.1 Å². The van der Waals surface area contributed by atoms with Gasteiger partial charge in [0.15, 0.2) is 0 Å². The van der Waals surface area contributed by atoms with Crippen molar-refractivity contribution in [1.82, 2.24) is 0 Å². The summed E-state index contributed by atoms with van der Waals surface area (Å²) >= 11 is 0. The van der Waals surface area contributed by atoms with Gasteiger partial charge in [-0.2, -0.15) is 18.6 Å². The third-order valence-corrected chi connectivity index (χ3v) is 0.889. The van der Waals surface area contributed by atoms with Crippen LogP contribution in [0.15, 0.2) is 24.3 Å². The zero-order valence-corrected chi connectivity index (χ0v) is 7.81. The summed E-state index contributed by atoms with van der Waals surface area (Å²) in [5, 5.41) is 0. The van der Waals surface area contributed by atoms with Crippen molar-refractivity contribution in [3.63, 3.8) is 0 Å². The van der Waals surface area contributed by atoms with Gasteiger partial charge < -0.3 is 0 Å². The number of rotatable bonds is 0. The monoisotopic (exact) mass is 198 g/mol. The molecule has 0 aliphatic carbocycles. The van der Waals surface area contributed by atoms with Crippen LogP contribution >= 0.6 is 0 Å². The van der Waals surface area contributed by atoms with Crippen LogP contribution in [0.4, 0.5) is 4.39 Å². The van der Waals surface area contributed by atoms with Crippen molar-refractivity contribution in [3.8, 4) is 0 Å². The molecule has 0 saturated heterocycles. The molecule has 0 unspecified atom stereocenters. The largest absolute Gasteiger partial charge is 0.222 e. The Morgan fingerprint density at radius 1 is 1.33 bits per heavy atom. The smallest absolute Gasteiger partial charge is 0.0678 e. The summed E-state index contributed by atoms with van der Waals surface area (Å²) in [5.41, 5.74) is 0.713. The number of hydrogen-bond donors (Lipinski definition) is 0. The standard InChI is InChI=1S/C7H6F.Y/c1-6-3-2-4-7(8)5-6;/h2-5H,1H2;/q-1;. The van der Waals surface area contributed by atoms with Crippen LogP contribution in [-0.2, 0) is 32.7 Å². The van der Waals surface area contributed by atoms with Gasteiger partial charge in [-0.05, 0) is 0 Å². The van der Waals surface area contributed by atoms with E-state index in [0.717, 1.165) is 0 Å². The minimum atomic E-state index is -0.225. The first-order valence-corrected chi connectivity index (χ1v) is 2.36. The van der Waals surface area contributed by atoms with Crippen molar-refractivity contribution in [2.45, 2.75) is 0 Å². The molecular weight excluding hydrogens is 192 g/mol. The van der Waals surface area contributed by atoms with E-state index in [-0.39, 0.29) is 38.5 Å². The van der Waals surface area contributed by atoms with E-state index in [9.17, 15) is 4.39 Å². The molecule has 2 heteroatoms. The molecule has 0 nitrogen and oxygen atoms in total. The van der Waals surface area contributed by atoms with Crippen LogP contribution in [-0.4, -0.2) is 0 Å². The Labute approximate surface area is 79.3 Å². The molecule has 0 aliphatic rings. The van der Waals surface area contributed by atoms with Gasteiger partial charge in [-0.1, -0.05) is 6.07 Å². The molecule has 0 amide bonds. The van der Waals surface area contributed by atoms with Gasteiger partial charge in [-0.3, -0.25) is 0 Å². The Morgan fingerprint density at radius 3 is 2.33 bits per heavy atom. The van der Waals surface area contributed by atoms with Gasteiger partial charge in [0, 0.05) is 32.7 Å². The number of benzene rings is 1. The summed E-state index contributed by atoms with van der Waals surface area (Å²) < 4.78 is 12.1. The van der Waals surface area contributed by atoms with Crippen LogP contribution in [0.5, 0.6) is 0 Å². The maximum absolute atomic E-state index is 12.1. The maximum atomic E-state index is 12.1. The van der Waals surface area contributed by atoms with E-state index in [1.54, 1.807) is 12.1 Å². The second-order valence-electron chi connectivity index (χ2n) is 1.63. The van der Waals surface area contributed by atoms with Gasteiger partial charge in [-0.25, -0.2) is 4.39 Å². The van der Waals surface area contributed by atoms with Crippen LogP contribution in [0.25, 0.3) is 0 Å². The van der Waals surface area contributed by atoms with Gasteiger partial charge in [0.2, 0.25) is 0 Å². The van der Waals surface area contributed by atoms with Crippen molar-refractivity contribution in [3.05, 3.63) is 42.6 Å². The van der Waals surface area contributed by atoms with E-state index in [1.807, 2.05) is 0 Å². The topological polar surface area (TPSA) is 0 Å². The minimum absolute atomic E-state index is 0. The molecule has 0 atom stereocenters. The Morgan fingerprint density at radius 2 is 2.00 bits per heavy atom. The normalized spacial score (nSPS) is 8.11. The van der Waals surface area contributed by atoms with Crippen molar-refractivity contribution in [1.29, 1.82) is 0 Å². The summed E-state index contributed by atoms with van der Waals surface area (Å²) in [6.07, 6.45) is 0. The maximum Gasteiger partial charge on any atom is 0.0678 e. The Bertz CT molecular complexity index is 169. The van der Waals surface area contributed by atoms with E-state index >= 15 is 0 Å². The van der Waals surface area contributed by atoms with E-state index in [4.69, 9.17) is 0 Å². The van der Waals surface area contributed by atoms with Gasteiger partial charge in [0.25, 0.3) is 0 Å². The van der Waals surface area contributed by atoms with Gasteiger partial charge in [-0.15, -0.1) is 12.1 Å². The van der Waals surface area contributed by atoms with Gasteiger partial charge in [0.05, 0.1) is 5.82 Å². The minimum Gasteiger partial charge on any atom is -0.222 e. The zero-order valence-electron chi connectivity index (χ0n) is 4.97. The fourth-order valence-electron chi connectivity index (χ4n) is 0.537. The van der Waals surface area contributed by atoms with Crippen molar-refractivity contribution >= 4 is 0 Å². The summed E-state index contributed by atoms with van der Waals surface area (Å²) in [5.74, 6) is -0.225. The number of halogens is 1. The molecular formula is C7H6FY-. The van der Waals surface area contributed by atoms with Crippen LogP contribution in [0.3, 0.4) is 0 Å². The molecule has 0 bridgehead atoms. The predicted molar refractivity (Wildman–Crippen MR) is 30.9 cm³/mol. The molecule has 0 heterocycles. The van der Waals surface area contributed by atoms with E-state index in [2.05, 4.69) is 6.92 Å². The molecule has 0 fully saturated rings. The summed E-state index contributed by atoms with van der Waals surface area (Å²) in [4.78, 5) is 0. The first-order valence-electron chi connectivity index (χ1n) is 2.36. The molecule has 1 radical (unpaired) electrons. The Kier molecular flexibility index (Phi) is 4.08. The zero-order chi connectivity index (χ0) is 5.98. The van der Waals surface area contributed by atoms with Gasteiger partial charge >= 0.3 is 0 Å². The summed E-state index contributed by atoms with van der Waals surface area (Å²) in [6, 6.07) is 6.18. The van der Waals surface area contributed by atoms with E-state index < -0.39 is 0 Å². The molecule has 0 N–H and O–H groups in total. The van der Waals surface area contributed by atoms with Crippen molar-refractivity contribution < 1.29 is 37.1 Å². The quantitative estimate of drug-likeness (QED) is 0.559. The van der Waals surface area contributed by atoms with Crippen LogP contribution in [0, 0.1) is 12.7 Å². The fraction of sp³-hybridized carbons (Fsp3) is 0. The second-order valence-corrected chi connectivity index (χ2v) is 1.63. The first kappa shape index (κ1) is 9.12. The predicted octanol–water partition coefficient (Wildman–Crippen LogP) is 2.01. The SMILES string of the molecule is [CH2-]c1cccc(F)c1.[Y]. The van der Waals surface area contributed by atoms with E-state index in [0.29, 0.717) is 5.56 Å². The van der Waals surface area contributed by atoms with Gasteiger partial charge in [0.1, 0.15) is 0 Å². The molecule has 1 aromatic rings. The summed E-state index contributed by atoms with van der Waals surface area (Å²) in [6.45, 7) is 3.54. The molecule has 9 heavy (non-hydrogen) atoms. The molecule has 0 aliphatic heterocycles. The molecule has 0 spiro atoms. The van der Waals surface area contributed by atoms with Crippen molar-refractivity contribution in [2.75, 3.05) is 0 Å². The molecule has 1 rings (SSSR count). The third kappa shape index (κ3) is 2.97. The summed E-state index contributed by atoms with van der Waals surface area (Å²) in [7, 11) is 0. The average Bonchev–Trinajstić information content (AvgIpc) is 1.64.